The lowest BCUT2D eigenvalue weighted by atomic mass is 9.82. The summed E-state index contributed by atoms with van der Waals surface area (Å²) in [5, 5.41) is 12.6. The van der Waals surface area contributed by atoms with Crippen molar-refractivity contribution >= 4 is 23.5 Å². The summed E-state index contributed by atoms with van der Waals surface area (Å²) < 4.78 is 5.31. The summed E-state index contributed by atoms with van der Waals surface area (Å²) in [5.41, 5.74) is 0. The van der Waals surface area contributed by atoms with Crippen molar-refractivity contribution < 1.29 is 9.84 Å². The van der Waals surface area contributed by atoms with Crippen LogP contribution in [-0.2, 0) is 4.74 Å². The molecule has 3 rings (SSSR count). The Morgan fingerprint density at radius 3 is 2.70 bits per heavy atom. The summed E-state index contributed by atoms with van der Waals surface area (Å²) >= 11 is 5.96. The minimum atomic E-state index is -0.146. The Morgan fingerprint density at radius 1 is 1.25 bits per heavy atom. The molecule has 1 aromatic heterocycles. The first kappa shape index (κ1) is 13.8. The fourth-order valence-electron chi connectivity index (χ4n) is 2.43. The van der Waals surface area contributed by atoms with Gasteiger partial charge in [-0.05, 0) is 30.4 Å². The summed E-state index contributed by atoms with van der Waals surface area (Å²) in [4.78, 5) is 14.7. The number of aliphatic hydroxyl groups is 1. The highest BCUT2D eigenvalue weighted by molar-refractivity contribution is 6.28. The molecule has 2 fully saturated rings. The summed E-state index contributed by atoms with van der Waals surface area (Å²) in [6.07, 6.45) is 1.53. The Hall–Kier alpha value is -1.18. The van der Waals surface area contributed by atoms with Gasteiger partial charge >= 0.3 is 0 Å². The van der Waals surface area contributed by atoms with E-state index < -0.39 is 0 Å². The van der Waals surface area contributed by atoms with E-state index in [1.54, 1.807) is 0 Å². The Balaban J connectivity index is 1.63. The molecule has 0 atom stereocenters. The molecule has 0 bridgehead atoms. The van der Waals surface area contributed by atoms with Crippen molar-refractivity contribution in [2.24, 2.45) is 5.92 Å². The molecule has 8 heteroatoms. The van der Waals surface area contributed by atoms with Crippen LogP contribution in [0.5, 0.6) is 0 Å². The van der Waals surface area contributed by atoms with Crippen molar-refractivity contribution in [1.29, 1.82) is 0 Å². The molecule has 0 aromatic carbocycles. The predicted octanol–water partition coefficient (Wildman–Crippen LogP) is 0.544. The van der Waals surface area contributed by atoms with E-state index in [1.165, 1.54) is 0 Å². The van der Waals surface area contributed by atoms with E-state index in [1.807, 2.05) is 4.90 Å². The van der Waals surface area contributed by atoms with Crippen molar-refractivity contribution in [2.45, 2.75) is 18.9 Å². The number of rotatable bonds is 4. The van der Waals surface area contributed by atoms with Gasteiger partial charge in [0, 0.05) is 19.6 Å². The smallest absolute Gasteiger partial charge is 0.231 e. The number of nitrogens with zero attached hydrogens (tertiary/aromatic N) is 4. The van der Waals surface area contributed by atoms with Crippen molar-refractivity contribution in [3.05, 3.63) is 5.28 Å². The van der Waals surface area contributed by atoms with E-state index >= 15 is 0 Å². The van der Waals surface area contributed by atoms with Gasteiger partial charge in [-0.15, -0.1) is 0 Å². The molecule has 0 amide bonds. The standard InChI is InChI=1S/C12H18ClN5O2/c13-10-15-11(14-7-8-5-9(19)6-8)17-12(16-10)18-1-3-20-4-2-18/h8-9,19H,1-7H2,(H,14,15,16,17). The molecule has 2 aliphatic rings. The van der Waals surface area contributed by atoms with Gasteiger partial charge in [-0.3, -0.25) is 0 Å². The van der Waals surface area contributed by atoms with Crippen LogP contribution in [0.1, 0.15) is 12.8 Å². The highest BCUT2D eigenvalue weighted by Crippen LogP contribution is 2.27. The molecular formula is C12H18ClN5O2. The fraction of sp³-hybridized carbons (Fsp3) is 0.750. The normalized spacial score (nSPS) is 26.2. The zero-order valence-electron chi connectivity index (χ0n) is 11.1. The van der Waals surface area contributed by atoms with Crippen molar-refractivity contribution in [2.75, 3.05) is 43.1 Å². The molecule has 1 saturated carbocycles. The van der Waals surface area contributed by atoms with E-state index in [0.717, 1.165) is 32.5 Å². The van der Waals surface area contributed by atoms with Gasteiger partial charge in [0.05, 0.1) is 19.3 Å². The first-order chi connectivity index (χ1) is 9.70. The quantitative estimate of drug-likeness (QED) is 0.839. The van der Waals surface area contributed by atoms with Gasteiger partial charge < -0.3 is 20.1 Å². The van der Waals surface area contributed by atoms with Gasteiger partial charge in [-0.25, -0.2) is 0 Å². The summed E-state index contributed by atoms with van der Waals surface area (Å²) in [6.45, 7) is 3.61. The molecule has 0 radical (unpaired) electrons. The highest BCUT2D eigenvalue weighted by Gasteiger charge is 2.27. The maximum absolute atomic E-state index is 9.27. The Kier molecular flexibility index (Phi) is 4.18. The summed E-state index contributed by atoms with van der Waals surface area (Å²) in [6, 6.07) is 0. The number of hydrogen-bond acceptors (Lipinski definition) is 7. The van der Waals surface area contributed by atoms with E-state index in [2.05, 4.69) is 20.3 Å². The second-order valence-electron chi connectivity index (χ2n) is 5.20. The third-order valence-electron chi connectivity index (χ3n) is 3.65. The van der Waals surface area contributed by atoms with Gasteiger partial charge in [0.15, 0.2) is 0 Å². The molecular weight excluding hydrogens is 282 g/mol. The highest BCUT2D eigenvalue weighted by atomic mass is 35.5. The molecule has 1 aromatic rings. The Labute approximate surface area is 122 Å². The van der Waals surface area contributed by atoms with Gasteiger partial charge in [-0.1, -0.05) is 0 Å². The minimum Gasteiger partial charge on any atom is -0.393 e. The lowest BCUT2D eigenvalue weighted by molar-refractivity contribution is 0.0486. The van der Waals surface area contributed by atoms with Gasteiger partial charge in [0.1, 0.15) is 0 Å². The molecule has 2 heterocycles. The molecule has 110 valence electrons. The van der Waals surface area contributed by atoms with Crippen LogP contribution < -0.4 is 10.2 Å². The zero-order valence-corrected chi connectivity index (χ0v) is 11.9. The monoisotopic (exact) mass is 299 g/mol. The van der Waals surface area contributed by atoms with Crippen LogP contribution in [0.15, 0.2) is 0 Å². The van der Waals surface area contributed by atoms with Crippen molar-refractivity contribution in [1.82, 2.24) is 15.0 Å². The minimum absolute atomic E-state index is 0.146. The number of halogens is 1. The predicted molar refractivity (Wildman–Crippen MR) is 75.1 cm³/mol. The fourth-order valence-corrected chi connectivity index (χ4v) is 2.58. The summed E-state index contributed by atoms with van der Waals surface area (Å²) in [5.74, 6) is 1.56. The van der Waals surface area contributed by atoms with Crippen LogP contribution in [0.3, 0.4) is 0 Å². The molecule has 2 N–H and O–H groups in total. The van der Waals surface area contributed by atoms with E-state index in [9.17, 15) is 5.11 Å². The Morgan fingerprint density at radius 2 is 2.00 bits per heavy atom. The third kappa shape index (κ3) is 3.28. The molecule has 0 spiro atoms. The molecule has 1 saturated heterocycles. The van der Waals surface area contributed by atoms with Crippen LogP contribution in [0.4, 0.5) is 11.9 Å². The van der Waals surface area contributed by atoms with Crippen LogP contribution in [-0.4, -0.2) is 59.0 Å². The third-order valence-corrected chi connectivity index (χ3v) is 3.82. The largest absolute Gasteiger partial charge is 0.393 e. The average Bonchev–Trinajstić information content (AvgIpc) is 2.43. The molecule has 7 nitrogen and oxygen atoms in total. The molecule has 0 unspecified atom stereocenters. The van der Waals surface area contributed by atoms with E-state index in [0.29, 0.717) is 31.0 Å². The van der Waals surface area contributed by atoms with Crippen LogP contribution in [0, 0.1) is 5.92 Å². The van der Waals surface area contributed by atoms with Gasteiger partial charge in [0.25, 0.3) is 0 Å². The van der Waals surface area contributed by atoms with Crippen LogP contribution in [0.2, 0.25) is 5.28 Å². The number of aliphatic hydroxyl groups excluding tert-OH is 1. The van der Waals surface area contributed by atoms with Gasteiger partial charge in [-0.2, -0.15) is 15.0 Å². The Bertz CT molecular complexity index is 463. The topological polar surface area (TPSA) is 83.4 Å². The maximum Gasteiger partial charge on any atom is 0.231 e. The molecule has 20 heavy (non-hydrogen) atoms. The number of hydrogen-bond donors (Lipinski definition) is 2. The SMILES string of the molecule is OC1CC(CNc2nc(Cl)nc(N3CCOCC3)n2)C1. The first-order valence-electron chi connectivity index (χ1n) is 6.87. The zero-order chi connectivity index (χ0) is 13.9. The molecule has 1 aliphatic carbocycles. The first-order valence-corrected chi connectivity index (χ1v) is 7.24. The number of aromatic nitrogens is 3. The summed E-state index contributed by atoms with van der Waals surface area (Å²) in [7, 11) is 0. The van der Waals surface area contributed by atoms with E-state index in [4.69, 9.17) is 16.3 Å². The number of nitrogens with one attached hydrogen (secondary N) is 1. The number of ether oxygens (including phenoxy) is 1. The van der Waals surface area contributed by atoms with Crippen LogP contribution >= 0.6 is 11.6 Å². The number of anilines is 2. The lowest BCUT2D eigenvalue weighted by Crippen LogP contribution is -2.37. The van der Waals surface area contributed by atoms with Gasteiger partial charge in [0.2, 0.25) is 17.2 Å². The number of morpholine rings is 1. The second-order valence-corrected chi connectivity index (χ2v) is 5.54. The lowest BCUT2D eigenvalue weighted by Gasteiger charge is -2.31. The molecule has 1 aliphatic heterocycles. The van der Waals surface area contributed by atoms with Crippen LogP contribution in [0.25, 0.3) is 0 Å². The average molecular weight is 300 g/mol. The second kappa shape index (κ2) is 6.07. The van der Waals surface area contributed by atoms with E-state index in [-0.39, 0.29) is 11.4 Å². The maximum atomic E-state index is 9.27. The van der Waals surface area contributed by atoms with Crippen molar-refractivity contribution in [3.8, 4) is 0 Å². The van der Waals surface area contributed by atoms with Crippen molar-refractivity contribution in [3.63, 3.8) is 0 Å².